The van der Waals surface area contributed by atoms with Crippen molar-refractivity contribution in [2.24, 2.45) is 0 Å². The fraction of sp³-hybridized carbons (Fsp3) is 0.300. The first-order valence-electron chi connectivity index (χ1n) is 4.58. The van der Waals surface area contributed by atoms with Crippen molar-refractivity contribution in [2.45, 2.75) is 11.6 Å². The summed E-state index contributed by atoms with van der Waals surface area (Å²) in [6.45, 7) is 0.132. The van der Waals surface area contributed by atoms with Gasteiger partial charge in [0.25, 0.3) is 0 Å². The minimum Gasteiger partial charge on any atom is -0.481 e. The molecule has 17 heavy (non-hydrogen) atoms. The fourth-order valence-electron chi connectivity index (χ4n) is 1.22. The lowest BCUT2D eigenvalue weighted by Crippen LogP contribution is -2.11. The summed E-state index contributed by atoms with van der Waals surface area (Å²) in [5.41, 5.74) is 0.313. The lowest BCUT2D eigenvalue weighted by atomic mass is 10.2. The number of rotatable bonds is 5. The normalized spacial score (nSPS) is 9.88. The van der Waals surface area contributed by atoms with Crippen LogP contribution in [0.3, 0.4) is 0 Å². The zero-order valence-electron chi connectivity index (χ0n) is 9.02. The molecule has 0 saturated carbocycles. The van der Waals surface area contributed by atoms with E-state index in [-0.39, 0.29) is 28.5 Å². The number of nitrogens with zero attached hydrogens (tertiary/aromatic N) is 1. The van der Waals surface area contributed by atoms with Crippen molar-refractivity contribution in [3.8, 4) is 6.07 Å². The van der Waals surface area contributed by atoms with Crippen molar-refractivity contribution >= 4 is 17.7 Å². The highest BCUT2D eigenvalue weighted by molar-refractivity contribution is 7.99. The molecule has 1 aromatic heterocycles. The number of hydrogen-bond donors (Lipinski definition) is 2. The summed E-state index contributed by atoms with van der Waals surface area (Å²) >= 11 is 0.901. The third-order valence-electron chi connectivity index (χ3n) is 1.84. The van der Waals surface area contributed by atoms with Crippen LogP contribution in [0.15, 0.2) is 15.9 Å². The largest absolute Gasteiger partial charge is 0.481 e. The molecule has 0 aliphatic rings. The summed E-state index contributed by atoms with van der Waals surface area (Å²) in [7, 11) is 1.45. The summed E-state index contributed by atoms with van der Waals surface area (Å²) in [5, 5.41) is 17.8. The van der Waals surface area contributed by atoms with Crippen LogP contribution < -0.4 is 5.56 Å². The van der Waals surface area contributed by atoms with E-state index in [1.807, 2.05) is 6.07 Å². The average molecular weight is 254 g/mol. The second-order valence-corrected chi connectivity index (χ2v) is 4.08. The Labute approximate surface area is 101 Å². The highest BCUT2D eigenvalue weighted by Gasteiger charge is 2.12. The molecular formula is C10H10N2O4S. The predicted octanol–water partition coefficient (Wildman–Crippen LogP) is 0.570. The summed E-state index contributed by atoms with van der Waals surface area (Å²) in [6.07, 6.45) is 0. The number of nitriles is 1. The van der Waals surface area contributed by atoms with Gasteiger partial charge in [0.05, 0.1) is 22.9 Å². The predicted molar refractivity (Wildman–Crippen MR) is 60.9 cm³/mol. The Balaban J connectivity index is 3.14. The van der Waals surface area contributed by atoms with Gasteiger partial charge < -0.3 is 14.8 Å². The third kappa shape index (κ3) is 3.62. The molecule has 0 unspecified atom stereocenters. The number of methoxy groups -OCH3 is 1. The number of carboxylic acid groups (broad SMARTS) is 1. The van der Waals surface area contributed by atoms with E-state index < -0.39 is 5.97 Å². The van der Waals surface area contributed by atoms with Crippen LogP contribution in [0.2, 0.25) is 0 Å². The molecule has 0 fully saturated rings. The highest BCUT2D eigenvalue weighted by atomic mass is 32.2. The van der Waals surface area contributed by atoms with Crippen molar-refractivity contribution in [1.29, 1.82) is 5.26 Å². The Morgan fingerprint density at radius 1 is 1.71 bits per heavy atom. The maximum Gasteiger partial charge on any atom is 0.313 e. The van der Waals surface area contributed by atoms with Gasteiger partial charge in [-0.15, -0.1) is 0 Å². The number of aromatic nitrogens is 1. The molecule has 0 aromatic carbocycles. The van der Waals surface area contributed by atoms with E-state index in [2.05, 4.69) is 4.98 Å². The number of aromatic amines is 1. The summed E-state index contributed by atoms with van der Waals surface area (Å²) in [6, 6.07) is 3.21. The monoisotopic (exact) mass is 254 g/mol. The number of hydrogen-bond acceptors (Lipinski definition) is 5. The molecule has 0 radical (unpaired) electrons. The first-order chi connectivity index (χ1) is 8.08. The van der Waals surface area contributed by atoms with Crippen LogP contribution >= 0.6 is 11.8 Å². The molecule has 6 nitrogen and oxygen atoms in total. The SMILES string of the molecule is COCc1cc(=O)[nH]c(SCC(=O)O)c1C#N. The van der Waals surface area contributed by atoms with Crippen molar-refractivity contribution in [1.82, 2.24) is 4.98 Å². The van der Waals surface area contributed by atoms with Crippen LogP contribution in [0.5, 0.6) is 0 Å². The summed E-state index contributed by atoms with van der Waals surface area (Å²) in [4.78, 5) is 24.2. The van der Waals surface area contributed by atoms with Gasteiger partial charge in [-0.2, -0.15) is 5.26 Å². The molecule has 7 heteroatoms. The molecule has 0 amide bonds. The van der Waals surface area contributed by atoms with Crippen molar-refractivity contribution in [3.05, 3.63) is 27.5 Å². The van der Waals surface area contributed by atoms with Gasteiger partial charge in [0, 0.05) is 18.7 Å². The van der Waals surface area contributed by atoms with Crippen molar-refractivity contribution in [2.75, 3.05) is 12.9 Å². The minimum absolute atomic E-state index is 0.132. The van der Waals surface area contributed by atoms with Gasteiger partial charge in [-0.1, -0.05) is 11.8 Å². The lowest BCUT2D eigenvalue weighted by molar-refractivity contribution is -0.133. The van der Waals surface area contributed by atoms with Crippen LogP contribution in [0.4, 0.5) is 0 Å². The van der Waals surface area contributed by atoms with Gasteiger partial charge in [0.15, 0.2) is 0 Å². The van der Waals surface area contributed by atoms with E-state index in [4.69, 9.17) is 15.1 Å². The quantitative estimate of drug-likeness (QED) is 0.744. The van der Waals surface area contributed by atoms with Crippen LogP contribution in [0.25, 0.3) is 0 Å². The highest BCUT2D eigenvalue weighted by Crippen LogP contribution is 2.21. The van der Waals surface area contributed by atoms with Crippen LogP contribution in [-0.4, -0.2) is 28.9 Å². The van der Waals surface area contributed by atoms with Gasteiger partial charge >= 0.3 is 5.97 Å². The Morgan fingerprint density at radius 3 is 2.94 bits per heavy atom. The Kier molecular flexibility index (Phi) is 4.75. The molecule has 0 bridgehead atoms. The average Bonchev–Trinajstić information content (AvgIpc) is 2.26. The van der Waals surface area contributed by atoms with Gasteiger partial charge in [0.1, 0.15) is 6.07 Å². The van der Waals surface area contributed by atoms with Gasteiger partial charge in [-0.25, -0.2) is 0 Å². The zero-order valence-corrected chi connectivity index (χ0v) is 9.84. The third-order valence-corrected chi connectivity index (χ3v) is 2.83. The van der Waals surface area contributed by atoms with Crippen LogP contribution in [0, 0.1) is 11.3 Å². The summed E-state index contributed by atoms with van der Waals surface area (Å²) in [5.74, 6) is -1.24. The number of H-pyrrole nitrogens is 1. The van der Waals surface area contributed by atoms with E-state index in [1.165, 1.54) is 13.2 Å². The number of carbonyl (C=O) groups is 1. The smallest absolute Gasteiger partial charge is 0.313 e. The maximum atomic E-state index is 11.3. The molecule has 1 heterocycles. The second-order valence-electron chi connectivity index (χ2n) is 3.09. The van der Waals surface area contributed by atoms with E-state index in [9.17, 15) is 9.59 Å². The van der Waals surface area contributed by atoms with Crippen LogP contribution in [0.1, 0.15) is 11.1 Å². The molecule has 90 valence electrons. The molecule has 1 aromatic rings. The molecule has 0 spiro atoms. The molecular weight excluding hydrogens is 244 g/mol. The first kappa shape index (κ1) is 13.3. The fourth-order valence-corrected chi connectivity index (χ4v) is 1.98. The number of aliphatic carboxylic acids is 1. The van der Waals surface area contributed by atoms with E-state index in [0.29, 0.717) is 5.56 Å². The Morgan fingerprint density at radius 2 is 2.41 bits per heavy atom. The molecule has 1 rings (SSSR count). The topological polar surface area (TPSA) is 103 Å². The summed E-state index contributed by atoms with van der Waals surface area (Å²) < 4.78 is 4.88. The maximum absolute atomic E-state index is 11.3. The van der Waals surface area contributed by atoms with Crippen LogP contribution in [-0.2, 0) is 16.1 Å². The number of nitrogens with one attached hydrogen (secondary N) is 1. The number of thioether (sulfide) groups is 1. The minimum atomic E-state index is -1.02. The lowest BCUT2D eigenvalue weighted by Gasteiger charge is -2.06. The molecule has 0 saturated heterocycles. The molecule has 0 atom stereocenters. The first-order valence-corrected chi connectivity index (χ1v) is 5.57. The van der Waals surface area contributed by atoms with Crippen molar-refractivity contribution in [3.63, 3.8) is 0 Å². The van der Waals surface area contributed by atoms with Gasteiger partial charge in [-0.05, 0) is 0 Å². The molecule has 0 aliphatic heterocycles. The van der Waals surface area contributed by atoms with Gasteiger partial charge in [0.2, 0.25) is 5.56 Å². The zero-order chi connectivity index (χ0) is 12.8. The van der Waals surface area contributed by atoms with E-state index in [1.54, 1.807) is 0 Å². The number of carboxylic acids is 1. The Bertz CT molecular complexity index is 518. The van der Waals surface area contributed by atoms with E-state index >= 15 is 0 Å². The number of pyridine rings is 1. The Hall–Kier alpha value is -1.78. The molecule has 0 aliphatic carbocycles. The van der Waals surface area contributed by atoms with Gasteiger partial charge in [-0.3, -0.25) is 9.59 Å². The van der Waals surface area contributed by atoms with Crippen molar-refractivity contribution < 1.29 is 14.6 Å². The second kappa shape index (κ2) is 6.08. The van der Waals surface area contributed by atoms with E-state index in [0.717, 1.165) is 11.8 Å². The number of ether oxygens (including phenoxy) is 1. The molecule has 2 N–H and O–H groups in total. The standard InChI is InChI=1S/C10H10N2O4S/c1-16-4-6-2-8(13)12-10(7(6)3-11)17-5-9(14)15/h2H,4-5H2,1H3,(H,12,13)(H,14,15).